The summed E-state index contributed by atoms with van der Waals surface area (Å²) in [5, 5.41) is 0. The number of para-hydroxylation sites is 2. The van der Waals surface area contributed by atoms with Crippen molar-refractivity contribution in [1.29, 1.82) is 0 Å². The average molecular weight is 416 g/mol. The Kier molecular flexibility index (Phi) is 6.55. The number of ether oxygens (including phenoxy) is 1. The van der Waals surface area contributed by atoms with Crippen molar-refractivity contribution in [2.75, 3.05) is 18.0 Å². The molecular weight excluding hydrogens is 397 g/mol. The van der Waals surface area contributed by atoms with Gasteiger partial charge in [0.25, 0.3) is 0 Å². The van der Waals surface area contributed by atoms with Crippen LogP contribution in [-0.2, 0) is 27.8 Å². The van der Waals surface area contributed by atoms with Crippen molar-refractivity contribution in [3.8, 4) is 5.75 Å². The molecule has 10 heteroatoms. The first-order chi connectivity index (χ1) is 12.9. The van der Waals surface area contributed by atoms with E-state index in [0.29, 0.717) is 5.56 Å². The summed E-state index contributed by atoms with van der Waals surface area (Å²) in [4.78, 5) is 13.8. The van der Waals surface area contributed by atoms with Gasteiger partial charge in [-0.25, -0.2) is 8.42 Å². The molecule has 0 heterocycles. The van der Waals surface area contributed by atoms with Gasteiger partial charge in [0.2, 0.25) is 15.9 Å². The van der Waals surface area contributed by atoms with Crippen LogP contribution in [0.4, 0.5) is 18.9 Å². The number of carbonyl (C=O) groups excluding carboxylic acids is 1. The highest BCUT2D eigenvalue weighted by molar-refractivity contribution is 7.92. The number of amides is 1. The third-order valence-electron chi connectivity index (χ3n) is 3.69. The Morgan fingerprint density at radius 3 is 2.25 bits per heavy atom. The maximum atomic E-state index is 12.5. The van der Waals surface area contributed by atoms with Crippen LogP contribution in [0.5, 0.6) is 5.75 Å². The molecule has 6 nitrogen and oxygen atoms in total. The van der Waals surface area contributed by atoms with E-state index in [4.69, 9.17) is 0 Å². The Morgan fingerprint density at radius 1 is 1.07 bits per heavy atom. The zero-order chi connectivity index (χ0) is 20.9. The molecule has 2 aromatic carbocycles. The topological polar surface area (TPSA) is 75.7 Å². The van der Waals surface area contributed by atoms with E-state index >= 15 is 0 Å². The van der Waals surface area contributed by atoms with Crippen LogP contribution in [-0.4, -0.2) is 38.9 Å². The van der Waals surface area contributed by atoms with Crippen LogP contribution >= 0.6 is 0 Å². The number of hydrogen-bond donors (Lipinski definition) is 1. The third-order valence-corrected chi connectivity index (χ3v) is 4.28. The second-order valence-corrected chi connectivity index (χ2v) is 7.86. The number of hydrogen-bond acceptors (Lipinski definition) is 4. The molecule has 28 heavy (non-hydrogen) atoms. The lowest BCUT2D eigenvalue weighted by Gasteiger charge is -2.20. The molecule has 0 saturated heterocycles. The van der Waals surface area contributed by atoms with Crippen molar-refractivity contribution in [2.24, 2.45) is 0 Å². The van der Waals surface area contributed by atoms with Gasteiger partial charge < -0.3 is 9.64 Å². The van der Waals surface area contributed by atoms with Crippen LogP contribution in [0.2, 0.25) is 0 Å². The third kappa shape index (κ3) is 6.76. The van der Waals surface area contributed by atoms with Crippen LogP contribution in [0.3, 0.4) is 0 Å². The fourth-order valence-electron chi connectivity index (χ4n) is 2.47. The number of likely N-dealkylation sites (N-methyl/N-ethyl adjacent to an activating group) is 1. The van der Waals surface area contributed by atoms with E-state index in [-0.39, 0.29) is 30.0 Å². The van der Waals surface area contributed by atoms with E-state index in [9.17, 15) is 26.4 Å². The summed E-state index contributed by atoms with van der Waals surface area (Å²) in [6, 6.07) is 12.0. The van der Waals surface area contributed by atoms with Gasteiger partial charge in [-0.2, -0.15) is 0 Å². The highest BCUT2D eigenvalue weighted by Crippen LogP contribution is 2.27. The maximum Gasteiger partial charge on any atom is 0.573 e. The van der Waals surface area contributed by atoms with Crippen LogP contribution in [0, 0.1) is 0 Å². The smallest absolute Gasteiger partial charge is 0.405 e. The standard InChI is InChI=1S/C18H19F3N2O4S/c1-23(12-14-8-4-6-10-16(14)27-18(19,20)21)17(24)11-13-7-3-5-9-15(13)22-28(2,25)26/h3-10,22H,11-12H2,1-2H3. The van der Waals surface area contributed by atoms with Gasteiger partial charge in [-0.05, 0) is 17.7 Å². The van der Waals surface area contributed by atoms with Crippen LogP contribution in [0.15, 0.2) is 48.5 Å². The SMILES string of the molecule is CN(Cc1ccccc1OC(F)(F)F)C(=O)Cc1ccccc1NS(C)(=O)=O. The Morgan fingerprint density at radius 2 is 1.64 bits per heavy atom. The number of alkyl halides is 3. The molecule has 0 aliphatic rings. The van der Waals surface area contributed by atoms with Crippen molar-refractivity contribution in [2.45, 2.75) is 19.3 Å². The molecule has 0 aliphatic carbocycles. The summed E-state index contributed by atoms with van der Waals surface area (Å²) >= 11 is 0. The monoisotopic (exact) mass is 416 g/mol. The lowest BCUT2D eigenvalue weighted by Crippen LogP contribution is -2.29. The average Bonchev–Trinajstić information content (AvgIpc) is 2.55. The Bertz CT molecular complexity index is 946. The first-order valence-corrected chi connectivity index (χ1v) is 9.97. The molecule has 0 unspecified atom stereocenters. The van der Waals surface area contributed by atoms with Crippen molar-refractivity contribution >= 4 is 21.6 Å². The van der Waals surface area contributed by atoms with Crippen LogP contribution in [0.1, 0.15) is 11.1 Å². The largest absolute Gasteiger partial charge is 0.573 e. The fraction of sp³-hybridized carbons (Fsp3) is 0.278. The molecule has 0 atom stereocenters. The molecule has 1 N–H and O–H groups in total. The minimum atomic E-state index is -4.84. The van der Waals surface area contributed by atoms with Crippen LogP contribution in [0.25, 0.3) is 0 Å². The molecule has 0 bridgehead atoms. The predicted octanol–water partition coefficient (Wildman–Crippen LogP) is 3.16. The highest BCUT2D eigenvalue weighted by atomic mass is 32.2. The zero-order valence-electron chi connectivity index (χ0n) is 15.2. The van der Waals surface area contributed by atoms with Crippen molar-refractivity contribution in [3.63, 3.8) is 0 Å². The number of rotatable bonds is 7. The molecule has 0 saturated carbocycles. The summed E-state index contributed by atoms with van der Waals surface area (Å²) in [5.41, 5.74) is 0.912. The normalized spacial score (nSPS) is 11.8. The zero-order valence-corrected chi connectivity index (χ0v) is 16.0. The van der Waals surface area contributed by atoms with Gasteiger partial charge in [0.05, 0.1) is 18.4 Å². The van der Waals surface area contributed by atoms with E-state index in [1.165, 1.54) is 36.2 Å². The first-order valence-electron chi connectivity index (χ1n) is 8.08. The molecule has 2 aromatic rings. The number of nitrogens with zero attached hydrogens (tertiary/aromatic N) is 1. The quantitative estimate of drug-likeness (QED) is 0.752. The predicted molar refractivity (Wildman–Crippen MR) is 98.2 cm³/mol. The van der Waals surface area contributed by atoms with Gasteiger partial charge in [0, 0.05) is 19.2 Å². The van der Waals surface area contributed by atoms with E-state index in [1.54, 1.807) is 24.3 Å². The summed E-state index contributed by atoms with van der Waals surface area (Å²) in [6.07, 6.45) is -3.97. The molecule has 0 aromatic heterocycles. The summed E-state index contributed by atoms with van der Waals surface area (Å²) in [7, 11) is -2.08. The lowest BCUT2D eigenvalue weighted by molar-refractivity contribution is -0.275. The van der Waals surface area contributed by atoms with Crippen LogP contribution < -0.4 is 9.46 Å². The molecule has 0 spiro atoms. The number of carbonyl (C=O) groups is 1. The van der Waals surface area contributed by atoms with Gasteiger partial charge in [0.1, 0.15) is 5.75 Å². The lowest BCUT2D eigenvalue weighted by atomic mass is 10.1. The number of sulfonamides is 1. The molecule has 0 radical (unpaired) electrons. The minimum Gasteiger partial charge on any atom is -0.405 e. The molecule has 0 aliphatic heterocycles. The summed E-state index contributed by atoms with van der Waals surface area (Å²) < 4.78 is 66.8. The number of anilines is 1. The van der Waals surface area contributed by atoms with Gasteiger partial charge >= 0.3 is 6.36 Å². The van der Waals surface area contributed by atoms with E-state index in [1.807, 2.05) is 0 Å². The van der Waals surface area contributed by atoms with Gasteiger partial charge in [-0.1, -0.05) is 36.4 Å². The Balaban J connectivity index is 2.13. The number of halogens is 3. The Labute approximate surface area is 161 Å². The Hall–Kier alpha value is -2.75. The van der Waals surface area contributed by atoms with E-state index in [0.717, 1.165) is 6.26 Å². The summed E-state index contributed by atoms with van der Waals surface area (Å²) in [6.45, 7) is -0.104. The number of nitrogens with one attached hydrogen (secondary N) is 1. The van der Waals surface area contributed by atoms with E-state index < -0.39 is 22.3 Å². The molecule has 2 rings (SSSR count). The molecule has 1 amide bonds. The number of benzene rings is 2. The first kappa shape index (κ1) is 21.5. The van der Waals surface area contributed by atoms with Crippen molar-refractivity contribution in [3.05, 3.63) is 59.7 Å². The van der Waals surface area contributed by atoms with Crippen molar-refractivity contribution < 1.29 is 31.1 Å². The van der Waals surface area contributed by atoms with Gasteiger partial charge in [-0.15, -0.1) is 13.2 Å². The maximum absolute atomic E-state index is 12.5. The molecule has 152 valence electrons. The fourth-order valence-corrected chi connectivity index (χ4v) is 3.07. The molecule has 0 fully saturated rings. The minimum absolute atomic E-state index is 0.104. The second kappa shape index (κ2) is 8.51. The van der Waals surface area contributed by atoms with E-state index in [2.05, 4.69) is 9.46 Å². The van der Waals surface area contributed by atoms with Gasteiger partial charge in [0.15, 0.2) is 0 Å². The molecular formula is C18H19F3N2O4S. The highest BCUT2D eigenvalue weighted by Gasteiger charge is 2.32. The van der Waals surface area contributed by atoms with Crippen molar-refractivity contribution in [1.82, 2.24) is 4.90 Å². The summed E-state index contributed by atoms with van der Waals surface area (Å²) in [5.74, 6) is -0.779. The second-order valence-electron chi connectivity index (χ2n) is 6.11. The van der Waals surface area contributed by atoms with Gasteiger partial charge in [-0.3, -0.25) is 9.52 Å².